The van der Waals surface area contributed by atoms with Gasteiger partial charge in [0.15, 0.2) is 0 Å². The Labute approximate surface area is 95.0 Å². The van der Waals surface area contributed by atoms with E-state index in [-0.39, 0.29) is 5.56 Å². The van der Waals surface area contributed by atoms with Crippen molar-refractivity contribution >= 4 is 5.82 Å². The van der Waals surface area contributed by atoms with E-state index in [1.165, 1.54) is 0 Å². The zero-order valence-corrected chi connectivity index (χ0v) is 9.88. The molecule has 0 amide bonds. The molecule has 16 heavy (non-hydrogen) atoms. The molecule has 0 saturated carbocycles. The number of anilines is 1. The summed E-state index contributed by atoms with van der Waals surface area (Å²) in [5.74, 6) is 0.938. The predicted molar refractivity (Wildman–Crippen MR) is 63.5 cm³/mol. The van der Waals surface area contributed by atoms with Crippen molar-refractivity contribution in [2.45, 2.75) is 33.1 Å². The fourth-order valence-electron chi connectivity index (χ4n) is 1.49. The number of nitrogens with one attached hydrogen (secondary N) is 1. The van der Waals surface area contributed by atoms with Crippen LogP contribution in [-0.4, -0.2) is 23.2 Å². The number of rotatable bonds is 6. The molecule has 0 aliphatic heterocycles. The van der Waals surface area contributed by atoms with Gasteiger partial charge in [0.2, 0.25) is 0 Å². The summed E-state index contributed by atoms with van der Waals surface area (Å²) in [6.45, 7) is 5.14. The van der Waals surface area contributed by atoms with Crippen LogP contribution >= 0.6 is 0 Å². The maximum atomic E-state index is 11.7. The van der Waals surface area contributed by atoms with Crippen molar-refractivity contribution < 1.29 is 4.74 Å². The molecule has 1 aromatic heterocycles. The standard InChI is InChI=1S/C11H19N3O2/c1-3-5-8-10(12)13-9(14-11(8)15)6-7-16-4-2/h3-7H2,1-2H3,(H3,12,13,14,15). The molecule has 0 aliphatic carbocycles. The van der Waals surface area contributed by atoms with E-state index in [0.717, 1.165) is 6.42 Å². The Morgan fingerprint density at radius 3 is 2.69 bits per heavy atom. The molecule has 0 aromatic carbocycles. The molecule has 0 aliphatic rings. The molecule has 90 valence electrons. The summed E-state index contributed by atoms with van der Waals surface area (Å²) in [6, 6.07) is 0. The smallest absolute Gasteiger partial charge is 0.256 e. The average molecular weight is 225 g/mol. The summed E-state index contributed by atoms with van der Waals surface area (Å²) in [7, 11) is 0. The fraction of sp³-hybridized carbons (Fsp3) is 0.636. The van der Waals surface area contributed by atoms with E-state index in [4.69, 9.17) is 10.5 Å². The molecular formula is C11H19N3O2. The molecule has 5 heteroatoms. The number of hydrogen-bond donors (Lipinski definition) is 2. The number of nitrogens with two attached hydrogens (primary N) is 1. The predicted octanol–water partition coefficient (Wildman–Crippen LogP) is 0.884. The summed E-state index contributed by atoms with van der Waals surface area (Å²) in [6.07, 6.45) is 2.13. The first kappa shape index (κ1) is 12.7. The van der Waals surface area contributed by atoms with Gasteiger partial charge in [-0.3, -0.25) is 4.79 Å². The lowest BCUT2D eigenvalue weighted by Gasteiger charge is -2.06. The molecule has 1 rings (SSSR count). The minimum Gasteiger partial charge on any atom is -0.383 e. The van der Waals surface area contributed by atoms with Crippen LogP contribution in [0.2, 0.25) is 0 Å². The minimum absolute atomic E-state index is 0.124. The first-order valence-corrected chi connectivity index (χ1v) is 5.64. The van der Waals surface area contributed by atoms with Crippen LogP contribution in [0.4, 0.5) is 5.82 Å². The van der Waals surface area contributed by atoms with E-state index in [2.05, 4.69) is 9.97 Å². The van der Waals surface area contributed by atoms with Gasteiger partial charge in [0.05, 0.1) is 12.2 Å². The van der Waals surface area contributed by atoms with Crippen LogP contribution in [0.3, 0.4) is 0 Å². The van der Waals surface area contributed by atoms with Crippen molar-refractivity contribution in [1.29, 1.82) is 0 Å². The van der Waals surface area contributed by atoms with Gasteiger partial charge in [-0.25, -0.2) is 4.98 Å². The van der Waals surface area contributed by atoms with Crippen LogP contribution in [0, 0.1) is 0 Å². The number of ether oxygens (including phenoxy) is 1. The third kappa shape index (κ3) is 3.34. The molecule has 3 N–H and O–H groups in total. The molecule has 0 spiro atoms. The Morgan fingerprint density at radius 2 is 2.12 bits per heavy atom. The van der Waals surface area contributed by atoms with Crippen LogP contribution < -0.4 is 11.3 Å². The maximum absolute atomic E-state index is 11.7. The summed E-state index contributed by atoms with van der Waals surface area (Å²) >= 11 is 0. The molecule has 0 radical (unpaired) electrons. The van der Waals surface area contributed by atoms with Crippen LogP contribution in [0.5, 0.6) is 0 Å². The monoisotopic (exact) mass is 225 g/mol. The number of nitrogens with zero attached hydrogens (tertiary/aromatic N) is 1. The van der Waals surface area contributed by atoms with Gasteiger partial charge in [-0.05, 0) is 13.3 Å². The van der Waals surface area contributed by atoms with Crippen molar-refractivity contribution in [3.63, 3.8) is 0 Å². The van der Waals surface area contributed by atoms with Crippen LogP contribution in [-0.2, 0) is 17.6 Å². The van der Waals surface area contributed by atoms with Crippen molar-refractivity contribution in [3.8, 4) is 0 Å². The minimum atomic E-state index is -0.124. The van der Waals surface area contributed by atoms with Gasteiger partial charge in [0.1, 0.15) is 11.6 Å². The lowest BCUT2D eigenvalue weighted by Crippen LogP contribution is -2.20. The summed E-state index contributed by atoms with van der Waals surface area (Å²) < 4.78 is 5.19. The molecule has 1 aromatic rings. The highest BCUT2D eigenvalue weighted by Gasteiger charge is 2.07. The molecule has 0 atom stereocenters. The van der Waals surface area contributed by atoms with E-state index >= 15 is 0 Å². The summed E-state index contributed by atoms with van der Waals surface area (Å²) in [5, 5.41) is 0. The van der Waals surface area contributed by atoms with E-state index in [1.54, 1.807) is 0 Å². The van der Waals surface area contributed by atoms with Gasteiger partial charge in [-0.2, -0.15) is 0 Å². The topological polar surface area (TPSA) is 81.0 Å². The van der Waals surface area contributed by atoms with Gasteiger partial charge >= 0.3 is 0 Å². The summed E-state index contributed by atoms with van der Waals surface area (Å²) in [4.78, 5) is 18.6. The zero-order chi connectivity index (χ0) is 12.0. The first-order chi connectivity index (χ1) is 7.69. The van der Waals surface area contributed by atoms with Gasteiger partial charge in [-0.15, -0.1) is 0 Å². The van der Waals surface area contributed by atoms with Crippen molar-refractivity contribution in [2.24, 2.45) is 0 Å². The largest absolute Gasteiger partial charge is 0.383 e. The Hall–Kier alpha value is -1.36. The lowest BCUT2D eigenvalue weighted by molar-refractivity contribution is 0.149. The van der Waals surface area contributed by atoms with E-state index in [0.29, 0.717) is 43.3 Å². The average Bonchev–Trinajstić information content (AvgIpc) is 2.24. The Kier molecular flexibility index (Phi) is 4.98. The second kappa shape index (κ2) is 6.27. The lowest BCUT2D eigenvalue weighted by atomic mass is 10.2. The van der Waals surface area contributed by atoms with Crippen LogP contribution in [0.1, 0.15) is 31.7 Å². The first-order valence-electron chi connectivity index (χ1n) is 5.64. The van der Waals surface area contributed by atoms with Gasteiger partial charge in [-0.1, -0.05) is 13.3 Å². The van der Waals surface area contributed by atoms with Crippen molar-refractivity contribution in [2.75, 3.05) is 18.9 Å². The van der Waals surface area contributed by atoms with E-state index in [9.17, 15) is 4.79 Å². The second-order valence-corrected chi connectivity index (χ2v) is 3.57. The third-order valence-electron chi connectivity index (χ3n) is 2.28. The van der Waals surface area contributed by atoms with Gasteiger partial charge in [0.25, 0.3) is 5.56 Å². The number of aromatic nitrogens is 2. The molecule has 0 saturated heterocycles. The number of H-pyrrole nitrogens is 1. The highest BCUT2D eigenvalue weighted by atomic mass is 16.5. The molecule has 1 heterocycles. The Morgan fingerprint density at radius 1 is 1.38 bits per heavy atom. The molecule has 0 fully saturated rings. The summed E-state index contributed by atoms with van der Waals surface area (Å²) in [5.41, 5.74) is 6.20. The fourth-order valence-corrected chi connectivity index (χ4v) is 1.49. The van der Waals surface area contributed by atoms with Crippen LogP contribution in [0.15, 0.2) is 4.79 Å². The normalized spacial score (nSPS) is 10.6. The SMILES string of the molecule is CCCc1c(N)nc(CCOCC)[nH]c1=O. The number of aromatic amines is 1. The van der Waals surface area contributed by atoms with E-state index in [1.807, 2.05) is 13.8 Å². The molecule has 5 nitrogen and oxygen atoms in total. The highest BCUT2D eigenvalue weighted by Crippen LogP contribution is 2.05. The number of hydrogen-bond acceptors (Lipinski definition) is 4. The maximum Gasteiger partial charge on any atom is 0.256 e. The Bertz CT molecular complexity index is 387. The van der Waals surface area contributed by atoms with E-state index < -0.39 is 0 Å². The Balaban J connectivity index is 2.79. The highest BCUT2D eigenvalue weighted by molar-refractivity contribution is 5.37. The zero-order valence-electron chi connectivity index (χ0n) is 9.88. The van der Waals surface area contributed by atoms with Crippen molar-refractivity contribution in [3.05, 3.63) is 21.7 Å². The van der Waals surface area contributed by atoms with Gasteiger partial charge in [0, 0.05) is 13.0 Å². The molecule has 0 unspecified atom stereocenters. The van der Waals surface area contributed by atoms with Gasteiger partial charge < -0.3 is 15.5 Å². The van der Waals surface area contributed by atoms with Crippen molar-refractivity contribution in [1.82, 2.24) is 9.97 Å². The quantitative estimate of drug-likeness (QED) is 0.704. The molecular weight excluding hydrogens is 206 g/mol. The third-order valence-corrected chi connectivity index (χ3v) is 2.28. The molecule has 0 bridgehead atoms. The number of nitrogen functional groups attached to an aromatic ring is 1. The van der Waals surface area contributed by atoms with Crippen LogP contribution in [0.25, 0.3) is 0 Å². The second-order valence-electron chi connectivity index (χ2n) is 3.57.